The first kappa shape index (κ1) is 10.4. The van der Waals surface area contributed by atoms with Crippen LogP contribution in [0.25, 0.3) is 11.1 Å². The van der Waals surface area contributed by atoms with Crippen LogP contribution in [-0.2, 0) is 0 Å². The second-order valence-electron chi connectivity index (χ2n) is 3.63. The van der Waals surface area contributed by atoms with Gasteiger partial charge in [-0.2, -0.15) is 5.26 Å². The van der Waals surface area contributed by atoms with Gasteiger partial charge >= 0.3 is 0 Å². The fourth-order valence-corrected chi connectivity index (χ4v) is 1.68. The van der Waals surface area contributed by atoms with E-state index in [9.17, 15) is 4.39 Å². The lowest BCUT2D eigenvalue weighted by Gasteiger charge is -2.05. The predicted molar refractivity (Wildman–Crippen MR) is 61.3 cm³/mol. The first-order valence-corrected chi connectivity index (χ1v) is 4.98. The van der Waals surface area contributed by atoms with Crippen molar-refractivity contribution in [2.45, 2.75) is 6.92 Å². The smallest absolute Gasteiger partial charge is 0.141 e. The van der Waals surface area contributed by atoms with Crippen molar-refractivity contribution in [2.75, 3.05) is 0 Å². The van der Waals surface area contributed by atoms with Crippen LogP contribution in [0.1, 0.15) is 11.1 Å². The number of halogens is 1. The van der Waals surface area contributed by atoms with Gasteiger partial charge in [0.1, 0.15) is 11.9 Å². The monoisotopic (exact) mass is 211 g/mol. The molecule has 0 aliphatic rings. The first-order chi connectivity index (χ1) is 7.72. The molecule has 0 aliphatic carbocycles. The molecule has 2 aromatic carbocycles. The predicted octanol–water partition coefficient (Wildman–Crippen LogP) is 3.67. The SMILES string of the molecule is Cc1cc(-c2ccccc2)cc(F)c1C#N. The number of nitriles is 1. The molecule has 0 aromatic heterocycles. The van der Waals surface area contributed by atoms with E-state index in [0.717, 1.165) is 11.1 Å². The molecular weight excluding hydrogens is 201 g/mol. The zero-order valence-electron chi connectivity index (χ0n) is 8.87. The molecule has 0 saturated carbocycles. The topological polar surface area (TPSA) is 23.8 Å². The van der Waals surface area contributed by atoms with Gasteiger partial charge in [0.05, 0.1) is 5.56 Å². The van der Waals surface area contributed by atoms with Crippen LogP contribution < -0.4 is 0 Å². The third kappa shape index (κ3) is 1.80. The van der Waals surface area contributed by atoms with Crippen molar-refractivity contribution in [1.29, 1.82) is 5.26 Å². The van der Waals surface area contributed by atoms with Crippen LogP contribution in [-0.4, -0.2) is 0 Å². The average Bonchev–Trinajstić information content (AvgIpc) is 2.30. The highest BCUT2D eigenvalue weighted by Gasteiger charge is 2.08. The Morgan fingerprint density at radius 1 is 1.06 bits per heavy atom. The number of hydrogen-bond donors (Lipinski definition) is 0. The summed E-state index contributed by atoms with van der Waals surface area (Å²) >= 11 is 0. The molecule has 2 rings (SSSR count). The lowest BCUT2D eigenvalue weighted by atomic mass is 10.00. The van der Waals surface area contributed by atoms with Crippen LogP contribution in [0, 0.1) is 24.1 Å². The Balaban J connectivity index is 2.58. The molecule has 0 bridgehead atoms. The quantitative estimate of drug-likeness (QED) is 0.706. The average molecular weight is 211 g/mol. The summed E-state index contributed by atoms with van der Waals surface area (Å²) in [4.78, 5) is 0. The van der Waals surface area contributed by atoms with Crippen molar-refractivity contribution in [1.82, 2.24) is 0 Å². The van der Waals surface area contributed by atoms with E-state index in [1.165, 1.54) is 6.07 Å². The maximum absolute atomic E-state index is 13.6. The molecular formula is C14H10FN. The number of aryl methyl sites for hydroxylation is 1. The Bertz CT molecular complexity index is 530. The van der Waals surface area contributed by atoms with Crippen LogP contribution >= 0.6 is 0 Å². The summed E-state index contributed by atoms with van der Waals surface area (Å²) in [7, 11) is 0. The van der Waals surface area contributed by atoms with Crippen LogP contribution in [0.2, 0.25) is 0 Å². The molecule has 0 amide bonds. The highest BCUT2D eigenvalue weighted by Crippen LogP contribution is 2.24. The minimum absolute atomic E-state index is 0.125. The van der Waals surface area contributed by atoms with E-state index in [1.54, 1.807) is 6.92 Å². The zero-order chi connectivity index (χ0) is 11.5. The summed E-state index contributed by atoms with van der Waals surface area (Å²) in [6, 6.07) is 14.7. The number of rotatable bonds is 1. The lowest BCUT2D eigenvalue weighted by molar-refractivity contribution is 0.623. The van der Waals surface area contributed by atoms with Crippen molar-refractivity contribution in [3.05, 3.63) is 59.4 Å². The highest BCUT2D eigenvalue weighted by atomic mass is 19.1. The molecule has 0 unspecified atom stereocenters. The molecule has 78 valence electrons. The van der Waals surface area contributed by atoms with E-state index in [-0.39, 0.29) is 5.56 Å². The van der Waals surface area contributed by atoms with Gasteiger partial charge in [0.15, 0.2) is 0 Å². The zero-order valence-corrected chi connectivity index (χ0v) is 8.87. The molecule has 0 heterocycles. The standard InChI is InChI=1S/C14H10FN/c1-10-7-12(8-14(15)13(10)9-16)11-5-3-2-4-6-11/h2-8H,1H3. The molecule has 2 aromatic rings. The van der Waals surface area contributed by atoms with E-state index in [0.29, 0.717) is 5.56 Å². The largest absolute Gasteiger partial charge is 0.206 e. The van der Waals surface area contributed by atoms with Gasteiger partial charge < -0.3 is 0 Å². The third-order valence-electron chi connectivity index (χ3n) is 2.51. The van der Waals surface area contributed by atoms with Crippen molar-refractivity contribution in [2.24, 2.45) is 0 Å². The summed E-state index contributed by atoms with van der Waals surface area (Å²) in [5, 5.41) is 8.77. The molecule has 0 saturated heterocycles. The van der Waals surface area contributed by atoms with Gasteiger partial charge in [-0.3, -0.25) is 0 Å². The minimum atomic E-state index is -0.457. The Morgan fingerprint density at radius 3 is 2.31 bits per heavy atom. The molecule has 2 heteroatoms. The Kier molecular flexibility index (Phi) is 2.70. The van der Waals surface area contributed by atoms with Gasteiger partial charge in [-0.1, -0.05) is 30.3 Å². The first-order valence-electron chi connectivity index (χ1n) is 4.98. The summed E-state index contributed by atoms with van der Waals surface area (Å²) in [5.41, 5.74) is 2.55. The van der Waals surface area contributed by atoms with Crippen molar-refractivity contribution in [3.8, 4) is 17.2 Å². The molecule has 0 atom stereocenters. The van der Waals surface area contributed by atoms with E-state index < -0.39 is 5.82 Å². The van der Waals surface area contributed by atoms with Gasteiger partial charge in [-0.25, -0.2) is 4.39 Å². The molecule has 0 fully saturated rings. The summed E-state index contributed by atoms with van der Waals surface area (Å²) in [6.07, 6.45) is 0. The van der Waals surface area contributed by atoms with E-state index in [4.69, 9.17) is 5.26 Å². The summed E-state index contributed by atoms with van der Waals surface area (Å²) in [5.74, 6) is -0.457. The van der Waals surface area contributed by atoms with E-state index in [1.807, 2.05) is 42.5 Å². The second-order valence-corrected chi connectivity index (χ2v) is 3.63. The maximum atomic E-state index is 13.6. The van der Waals surface area contributed by atoms with E-state index >= 15 is 0 Å². The minimum Gasteiger partial charge on any atom is -0.206 e. The van der Waals surface area contributed by atoms with Crippen molar-refractivity contribution in [3.63, 3.8) is 0 Å². The molecule has 0 radical (unpaired) electrons. The van der Waals surface area contributed by atoms with Gasteiger partial charge in [0, 0.05) is 0 Å². The van der Waals surface area contributed by atoms with E-state index in [2.05, 4.69) is 0 Å². The normalized spacial score (nSPS) is 9.81. The molecule has 0 spiro atoms. The third-order valence-corrected chi connectivity index (χ3v) is 2.51. The van der Waals surface area contributed by atoms with Gasteiger partial charge in [-0.15, -0.1) is 0 Å². The molecule has 0 aliphatic heterocycles. The maximum Gasteiger partial charge on any atom is 0.141 e. The van der Waals surface area contributed by atoms with Crippen LogP contribution in [0.5, 0.6) is 0 Å². The van der Waals surface area contributed by atoms with Gasteiger partial charge in [0.2, 0.25) is 0 Å². The Labute approximate surface area is 93.8 Å². The van der Waals surface area contributed by atoms with Crippen molar-refractivity contribution >= 4 is 0 Å². The van der Waals surface area contributed by atoms with Crippen LogP contribution in [0.15, 0.2) is 42.5 Å². The number of hydrogen-bond acceptors (Lipinski definition) is 1. The van der Waals surface area contributed by atoms with Crippen LogP contribution in [0.4, 0.5) is 4.39 Å². The lowest BCUT2D eigenvalue weighted by Crippen LogP contribution is -1.90. The molecule has 16 heavy (non-hydrogen) atoms. The number of benzene rings is 2. The van der Waals surface area contributed by atoms with Gasteiger partial charge in [-0.05, 0) is 35.7 Å². The second kappa shape index (κ2) is 4.16. The fraction of sp³-hybridized carbons (Fsp3) is 0.0714. The number of nitrogens with zero attached hydrogens (tertiary/aromatic N) is 1. The Hall–Kier alpha value is -2.14. The highest BCUT2D eigenvalue weighted by molar-refractivity contribution is 5.65. The van der Waals surface area contributed by atoms with Gasteiger partial charge in [0.25, 0.3) is 0 Å². The summed E-state index contributed by atoms with van der Waals surface area (Å²) < 4.78 is 13.6. The Morgan fingerprint density at radius 2 is 1.75 bits per heavy atom. The molecule has 0 N–H and O–H groups in total. The van der Waals surface area contributed by atoms with Crippen LogP contribution in [0.3, 0.4) is 0 Å². The van der Waals surface area contributed by atoms with Crippen molar-refractivity contribution < 1.29 is 4.39 Å². The fourth-order valence-electron chi connectivity index (χ4n) is 1.68. The molecule has 1 nitrogen and oxygen atoms in total. The summed E-state index contributed by atoms with van der Waals surface area (Å²) in [6.45, 7) is 1.74.